The maximum Gasteiger partial charge on any atom is 0.0853 e. The molecular weight excluding hydrogens is 152 g/mol. The van der Waals surface area contributed by atoms with E-state index in [1.807, 2.05) is 0 Å². The summed E-state index contributed by atoms with van der Waals surface area (Å²) in [5.41, 5.74) is 0. The molecule has 0 amide bonds. The quantitative estimate of drug-likeness (QED) is 0.439. The van der Waals surface area contributed by atoms with Crippen molar-refractivity contribution in [1.29, 1.82) is 0 Å². The van der Waals surface area contributed by atoms with Gasteiger partial charge in [-0.05, 0) is 34.6 Å². The average molecular weight is 174 g/mol. The van der Waals surface area contributed by atoms with Crippen molar-refractivity contribution < 1.29 is 4.74 Å². The lowest BCUT2D eigenvalue weighted by Gasteiger charge is -2.30. The Balaban J connectivity index is 3.64. The third kappa shape index (κ3) is 4.70. The molecule has 0 aromatic carbocycles. The molecule has 0 bridgehead atoms. The summed E-state index contributed by atoms with van der Waals surface area (Å²) in [6.45, 7) is 3.77. The highest BCUT2D eigenvalue weighted by Crippen LogP contribution is 1.97. The zero-order valence-corrected chi connectivity index (χ0v) is 9.00. The minimum absolute atomic E-state index is 0.386. The van der Waals surface area contributed by atoms with Gasteiger partial charge in [-0.1, -0.05) is 6.92 Å². The molecule has 0 unspecified atom stereocenters. The Morgan fingerprint density at radius 1 is 1.08 bits per heavy atom. The van der Waals surface area contributed by atoms with Crippen LogP contribution < -0.4 is 0 Å². The van der Waals surface area contributed by atoms with Crippen molar-refractivity contribution in [1.82, 2.24) is 9.80 Å². The van der Waals surface area contributed by atoms with E-state index in [-0.39, 0.29) is 0 Å². The van der Waals surface area contributed by atoms with E-state index in [0.717, 1.165) is 19.6 Å². The number of nitrogens with zero attached hydrogens (tertiary/aromatic N) is 2. The number of hydrogen-bond donors (Lipinski definition) is 0. The van der Waals surface area contributed by atoms with Crippen LogP contribution >= 0.6 is 0 Å². The van der Waals surface area contributed by atoms with E-state index < -0.39 is 0 Å². The van der Waals surface area contributed by atoms with Gasteiger partial charge in [0.15, 0.2) is 0 Å². The summed E-state index contributed by atoms with van der Waals surface area (Å²) in [5.74, 6) is 0. The second-order valence-corrected chi connectivity index (χ2v) is 3.48. The smallest absolute Gasteiger partial charge is 0.0853 e. The van der Waals surface area contributed by atoms with E-state index in [1.54, 1.807) is 0 Å². The first-order valence-electron chi connectivity index (χ1n) is 4.50. The van der Waals surface area contributed by atoms with E-state index in [9.17, 15) is 0 Å². The Kier molecular flexibility index (Phi) is 6.34. The van der Waals surface area contributed by atoms with Crippen molar-refractivity contribution in [2.75, 3.05) is 41.4 Å². The standard InChI is InChI=1S/C9H22N2O/c1-6-7-12-8-9(10(2)3)11(4)5/h9H,6-8H2,1-5H3. The van der Waals surface area contributed by atoms with E-state index in [1.165, 1.54) is 0 Å². The molecule has 0 aromatic rings. The molecule has 0 aromatic heterocycles. The predicted molar refractivity (Wildman–Crippen MR) is 52.3 cm³/mol. The van der Waals surface area contributed by atoms with Gasteiger partial charge in [-0.25, -0.2) is 0 Å². The van der Waals surface area contributed by atoms with Gasteiger partial charge in [0.1, 0.15) is 0 Å². The van der Waals surface area contributed by atoms with Crippen LogP contribution in [0, 0.1) is 0 Å². The Bertz CT molecular complexity index is 96.7. The molecule has 0 radical (unpaired) electrons. The Labute approximate surface area is 76.3 Å². The molecule has 0 heterocycles. The summed E-state index contributed by atoms with van der Waals surface area (Å²) >= 11 is 0. The molecule has 3 heteroatoms. The second kappa shape index (κ2) is 6.40. The van der Waals surface area contributed by atoms with Crippen LogP contribution in [0.4, 0.5) is 0 Å². The highest BCUT2D eigenvalue weighted by molar-refractivity contribution is 4.61. The molecule has 0 saturated heterocycles. The lowest BCUT2D eigenvalue weighted by atomic mass is 10.4. The van der Waals surface area contributed by atoms with E-state index in [4.69, 9.17) is 4.74 Å². The largest absolute Gasteiger partial charge is 0.378 e. The van der Waals surface area contributed by atoms with Gasteiger partial charge in [-0.2, -0.15) is 0 Å². The van der Waals surface area contributed by atoms with Crippen LogP contribution in [0.3, 0.4) is 0 Å². The minimum Gasteiger partial charge on any atom is -0.378 e. The van der Waals surface area contributed by atoms with Gasteiger partial charge >= 0.3 is 0 Å². The van der Waals surface area contributed by atoms with Crippen molar-refractivity contribution in [3.8, 4) is 0 Å². The number of ether oxygens (including phenoxy) is 1. The van der Waals surface area contributed by atoms with Gasteiger partial charge in [0, 0.05) is 6.61 Å². The van der Waals surface area contributed by atoms with Gasteiger partial charge < -0.3 is 4.74 Å². The Morgan fingerprint density at radius 2 is 1.58 bits per heavy atom. The number of hydrogen-bond acceptors (Lipinski definition) is 3. The first kappa shape index (κ1) is 11.9. The lowest BCUT2D eigenvalue weighted by molar-refractivity contribution is 0.0180. The molecule has 0 spiro atoms. The molecule has 3 nitrogen and oxygen atoms in total. The third-order valence-corrected chi connectivity index (χ3v) is 1.81. The topological polar surface area (TPSA) is 15.7 Å². The predicted octanol–water partition coefficient (Wildman–Crippen LogP) is 0.862. The molecule has 12 heavy (non-hydrogen) atoms. The monoisotopic (exact) mass is 174 g/mol. The second-order valence-electron chi connectivity index (χ2n) is 3.48. The summed E-state index contributed by atoms with van der Waals surface area (Å²) < 4.78 is 5.48. The summed E-state index contributed by atoms with van der Waals surface area (Å²) in [6, 6.07) is 0. The van der Waals surface area contributed by atoms with E-state index in [0.29, 0.717) is 6.17 Å². The summed E-state index contributed by atoms with van der Waals surface area (Å²) in [7, 11) is 8.28. The van der Waals surface area contributed by atoms with Crippen molar-refractivity contribution in [2.24, 2.45) is 0 Å². The van der Waals surface area contributed by atoms with Crippen molar-refractivity contribution in [2.45, 2.75) is 19.5 Å². The molecule has 0 atom stereocenters. The van der Waals surface area contributed by atoms with Gasteiger partial charge in [0.2, 0.25) is 0 Å². The Morgan fingerprint density at radius 3 is 1.92 bits per heavy atom. The van der Waals surface area contributed by atoms with Gasteiger partial charge in [0.05, 0.1) is 12.8 Å². The molecule has 0 aliphatic carbocycles. The van der Waals surface area contributed by atoms with Gasteiger partial charge in [0.25, 0.3) is 0 Å². The molecule has 0 fully saturated rings. The van der Waals surface area contributed by atoms with Crippen LogP contribution in [0.2, 0.25) is 0 Å². The summed E-state index contributed by atoms with van der Waals surface area (Å²) in [5, 5.41) is 0. The molecule has 74 valence electrons. The normalized spacial score (nSPS) is 12.0. The summed E-state index contributed by atoms with van der Waals surface area (Å²) in [4.78, 5) is 4.32. The molecule has 0 aliphatic heterocycles. The molecule has 0 N–H and O–H groups in total. The fraction of sp³-hybridized carbons (Fsp3) is 1.00. The maximum absolute atomic E-state index is 5.48. The van der Waals surface area contributed by atoms with Crippen LogP contribution in [0.25, 0.3) is 0 Å². The van der Waals surface area contributed by atoms with Crippen LogP contribution in [-0.2, 0) is 4.74 Å². The average Bonchev–Trinajstić information content (AvgIpc) is 1.96. The minimum atomic E-state index is 0.386. The third-order valence-electron chi connectivity index (χ3n) is 1.81. The SMILES string of the molecule is CCCOCC(N(C)C)N(C)C. The van der Waals surface area contributed by atoms with Crippen molar-refractivity contribution >= 4 is 0 Å². The van der Waals surface area contributed by atoms with E-state index >= 15 is 0 Å². The van der Waals surface area contributed by atoms with Gasteiger partial charge in [-0.15, -0.1) is 0 Å². The van der Waals surface area contributed by atoms with Crippen LogP contribution in [-0.4, -0.2) is 57.4 Å². The fourth-order valence-electron chi connectivity index (χ4n) is 1.09. The molecule has 0 saturated carbocycles. The van der Waals surface area contributed by atoms with Crippen LogP contribution in [0.5, 0.6) is 0 Å². The van der Waals surface area contributed by atoms with Gasteiger partial charge in [-0.3, -0.25) is 9.80 Å². The molecular formula is C9H22N2O. The lowest BCUT2D eigenvalue weighted by Crippen LogP contribution is -2.44. The highest BCUT2D eigenvalue weighted by Gasteiger charge is 2.12. The van der Waals surface area contributed by atoms with Crippen LogP contribution in [0.1, 0.15) is 13.3 Å². The van der Waals surface area contributed by atoms with Crippen molar-refractivity contribution in [3.05, 3.63) is 0 Å². The van der Waals surface area contributed by atoms with Crippen LogP contribution in [0.15, 0.2) is 0 Å². The Hall–Kier alpha value is -0.120. The fourth-order valence-corrected chi connectivity index (χ4v) is 1.09. The highest BCUT2D eigenvalue weighted by atomic mass is 16.5. The number of rotatable bonds is 6. The zero-order chi connectivity index (χ0) is 9.56. The molecule has 0 aliphatic rings. The summed E-state index contributed by atoms with van der Waals surface area (Å²) in [6.07, 6.45) is 1.48. The zero-order valence-electron chi connectivity index (χ0n) is 9.00. The van der Waals surface area contributed by atoms with E-state index in [2.05, 4.69) is 44.9 Å². The first-order valence-corrected chi connectivity index (χ1v) is 4.50. The number of likely N-dealkylation sites (N-methyl/N-ethyl adjacent to an activating group) is 2. The first-order chi connectivity index (χ1) is 5.59. The maximum atomic E-state index is 5.48. The van der Waals surface area contributed by atoms with Crippen molar-refractivity contribution in [3.63, 3.8) is 0 Å². The molecule has 0 rings (SSSR count).